The fraction of sp³-hybridized carbons (Fsp3) is 0.773. The summed E-state index contributed by atoms with van der Waals surface area (Å²) in [5, 5.41) is 10.8. The number of anilines is 1. The Hall–Kier alpha value is -0.580. The molecule has 1 aromatic rings. The number of likely N-dealkylation sites (tertiary alicyclic amines) is 1. The lowest BCUT2D eigenvalue weighted by molar-refractivity contribution is -0.0139. The maximum atomic E-state index is 5.69. The van der Waals surface area contributed by atoms with Gasteiger partial charge in [0, 0.05) is 44.4 Å². The monoisotopic (exact) mass is 547 g/mol. The first-order chi connectivity index (χ1) is 14.3. The predicted molar refractivity (Wildman–Crippen MR) is 138 cm³/mol. The largest absolute Gasteiger partial charge is 0.381 e. The van der Waals surface area contributed by atoms with E-state index < -0.39 is 0 Å². The number of halogens is 1. The Balaban J connectivity index is 0.00000256. The zero-order valence-corrected chi connectivity index (χ0v) is 21.4. The van der Waals surface area contributed by atoms with Crippen molar-refractivity contribution in [3.63, 3.8) is 0 Å². The number of rotatable bonds is 6. The minimum absolute atomic E-state index is 0. The van der Waals surface area contributed by atoms with Crippen LogP contribution in [-0.2, 0) is 4.74 Å². The van der Waals surface area contributed by atoms with Crippen molar-refractivity contribution >= 4 is 46.3 Å². The standard InChI is InChI=1S/C22H37N5OS.HI/c1-2-23-21(25-19-7-13-26(14-8-19)20-6-5-17-29-20)24-18-22(9-15-28-16-10-22)27-11-3-4-12-27;/h5-6,17,19H,2-4,7-16,18H2,1H3,(H2,23,24,25);1H. The molecule has 2 N–H and O–H groups in total. The molecule has 0 amide bonds. The van der Waals surface area contributed by atoms with Gasteiger partial charge in [0.25, 0.3) is 0 Å². The Morgan fingerprint density at radius 1 is 1.20 bits per heavy atom. The zero-order valence-electron chi connectivity index (χ0n) is 18.3. The van der Waals surface area contributed by atoms with Crippen molar-refractivity contribution in [2.75, 3.05) is 57.4 Å². The van der Waals surface area contributed by atoms with E-state index in [-0.39, 0.29) is 29.5 Å². The van der Waals surface area contributed by atoms with Gasteiger partial charge in [-0.05, 0) is 76.1 Å². The highest BCUT2D eigenvalue weighted by molar-refractivity contribution is 14.0. The third-order valence-corrected chi connectivity index (χ3v) is 7.66. The predicted octanol–water partition coefficient (Wildman–Crippen LogP) is 3.54. The fourth-order valence-corrected chi connectivity index (χ4v) is 5.74. The van der Waals surface area contributed by atoms with Gasteiger partial charge in [0.1, 0.15) is 0 Å². The molecule has 0 saturated carbocycles. The van der Waals surface area contributed by atoms with E-state index >= 15 is 0 Å². The molecule has 0 bridgehead atoms. The van der Waals surface area contributed by atoms with Crippen LogP contribution >= 0.6 is 35.3 Å². The van der Waals surface area contributed by atoms with Gasteiger partial charge >= 0.3 is 0 Å². The molecular formula is C22H38IN5OS. The van der Waals surface area contributed by atoms with E-state index in [4.69, 9.17) is 9.73 Å². The van der Waals surface area contributed by atoms with Crippen LogP contribution in [0.5, 0.6) is 0 Å². The van der Waals surface area contributed by atoms with Crippen molar-refractivity contribution in [3.8, 4) is 0 Å². The molecule has 170 valence electrons. The maximum absolute atomic E-state index is 5.69. The first-order valence-electron chi connectivity index (χ1n) is 11.5. The van der Waals surface area contributed by atoms with Crippen LogP contribution in [0.4, 0.5) is 5.00 Å². The molecule has 30 heavy (non-hydrogen) atoms. The second-order valence-electron chi connectivity index (χ2n) is 8.58. The highest BCUT2D eigenvalue weighted by Crippen LogP contribution is 2.31. The highest BCUT2D eigenvalue weighted by atomic mass is 127. The molecule has 8 heteroatoms. The van der Waals surface area contributed by atoms with Crippen molar-refractivity contribution in [1.82, 2.24) is 15.5 Å². The van der Waals surface area contributed by atoms with Gasteiger partial charge < -0.3 is 20.3 Å². The minimum Gasteiger partial charge on any atom is -0.381 e. The van der Waals surface area contributed by atoms with Gasteiger partial charge in [-0.1, -0.05) is 0 Å². The number of nitrogens with zero attached hydrogens (tertiary/aromatic N) is 3. The summed E-state index contributed by atoms with van der Waals surface area (Å²) in [6.07, 6.45) is 7.19. The lowest BCUT2D eigenvalue weighted by atomic mass is 9.88. The van der Waals surface area contributed by atoms with Crippen LogP contribution in [-0.4, -0.2) is 74.9 Å². The van der Waals surface area contributed by atoms with E-state index in [0.717, 1.165) is 71.0 Å². The van der Waals surface area contributed by atoms with E-state index in [2.05, 4.69) is 44.9 Å². The number of hydrogen-bond donors (Lipinski definition) is 2. The van der Waals surface area contributed by atoms with E-state index in [9.17, 15) is 0 Å². The van der Waals surface area contributed by atoms with Gasteiger partial charge in [-0.15, -0.1) is 35.3 Å². The van der Waals surface area contributed by atoms with Gasteiger partial charge in [-0.3, -0.25) is 9.89 Å². The molecule has 1 aromatic heterocycles. The number of ether oxygens (including phenoxy) is 1. The third kappa shape index (κ3) is 6.01. The number of thiophene rings is 1. The van der Waals surface area contributed by atoms with Crippen LogP contribution in [0.2, 0.25) is 0 Å². The molecule has 0 aliphatic carbocycles. The number of aliphatic imine (C=N–C) groups is 1. The van der Waals surface area contributed by atoms with Gasteiger partial charge in [-0.2, -0.15) is 0 Å². The van der Waals surface area contributed by atoms with Crippen LogP contribution in [0.1, 0.15) is 45.4 Å². The molecule has 0 aromatic carbocycles. The molecular weight excluding hydrogens is 509 g/mol. The number of nitrogens with one attached hydrogen (secondary N) is 2. The third-order valence-electron chi connectivity index (χ3n) is 6.73. The summed E-state index contributed by atoms with van der Waals surface area (Å²) in [7, 11) is 0. The molecule has 4 rings (SSSR count). The number of guanidine groups is 1. The number of hydrogen-bond acceptors (Lipinski definition) is 5. The van der Waals surface area contributed by atoms with Crippen molar-refractivity contribution in [3.05, 3.63) is 17.5 Å². The van der Waals surface area contributed by atoms with Crippen molar-refractivity contribution in [2.45, 2.75) is 57.0 Å². The first-order valence-corrected chi connectivity index (χ1v) is 12.3. The van der Waals surface area contributed by atoms with E-state index in [1.807, 2.05) is 11.3 Å². The Bertz CT molecular complexity index is 636. The summed E-state index contributed by atoms with van der Waals surface area (Å²) in [5.41, 5.74) is 0.194. The molecule has 3 saturated heterocycles. The average Bonchev–Trinajstić information content (AvgIpc) is 3.48. The SMILES string of the molecule is CCNC(=NCC1(N2CCCC2)CCOCC1)NC1CCN(c2cccs2)CC1.I. The molecule has 0 atom stereocenters. The van der Waals surface area contributed by atoms with E-state index in [1.165, 1.54) is 30.9 Å². The van der Waals surface area contributed by atoms with Crippen LogP contribution in [0, 0.1) is 0 Å². The van der Waals surface area contributed by atoms with Gasteiger partial charge in [0.2, 0.25) is 0 Å². The highest BCUT2D eigenvalue weighted by Gasteiger charge is 2.39. The maximum Gasteiger partial charge on any atom is 0.191 e. The van der Waals surface area contributed by atoms with E-state index in [0.29, 0.717) is 6.04 Å². The molecule has 0 unspecified atom stereocenters. The van der Waals surface area contributed by atoms with Crippen molar-refractivity contribution in [1.29, 1.82) is 0 Å². The normalized spacial score (nSPS) is 23.2. The van der Waals surface area contributed by atoms with Gasteiger partial charge in [0.05, 0.1) is 11.5 Å². The lowest BCUT2D eigenvalue weighted by Gasteiger charge is -2.43. The fourth-order valence-electron chi connectivity index (χ4n) is 4.95. The van der Waals surface area contributed by atoms with E-state index in [1.54, 1.807) is 0 Å². The minimum atomic E-state index is 0. The summed E-state index contributed by atoms with van der Waals surface area (Å²) in [5.74, 6) is 0.993. The smallest absolute Gasteiger partial charge is 0.191 e. The van der Waals surface area contributed by atoms with Crippen molar-refractivity contribution in [2.24, 2.45) is 4.99 Å². The molecule has 3 aliphatic rings. The summed E-state index contributed by atoms with van der Waals surface area (Å²) < 4.78 is 5.69. The molecule has 0 radical (unpaired) electrons. The molecule has 3 fully saturated rings. The summed E-state index contributed by atoms with van der Waals surface area (Å²) in [6, 6.07) is 4.88. The van der Waals surface area contributed by atoms with Gasteiger partial charge in [0.15, 0.2) is 5.96 Å². The van der Waals surface area contributed by atoms with Crippen LogP contribution in [0.25, 0.3) is 0 Å². The van der Waals surface area contributed by atoms with Crippen LogP contribution in [0.3, 0.4) is 0 Å². The lowest BCUT2D eigenvalue weighted by Crippen LogP contribution is -2.54. The Morgan fingerprint density at radius 2 is 1.93 bits per heavy atom. The van der Waals surface area contributed by atoms with Crippen LogP contribution in [0.15, 0.2) is 22.5 Å². The summed E-state index contributed by atoms with van der Waals surface area (Å²) in [6.45, 7) is 10.4. The second-order valence-corrected chi connectivity index (χ2v) is 9.51. The Kier molecular flexibility index (Phi) is 9.53. The number of piperidine rings is 1. The Labute approximate surface area is 202 Å². The van der Waals surface area contributed by atoms with Gasteiger partial charge in [-0.25, -0.2) is 0 Å². The second kappa shape index (κ2) is 11.9. The molecule has 6 nitrogen and oxygen atoms in total. The molecule has 3 aliphatic heterocycles. The Morgan fingerprint density at radius 3 is 2.57 bits per heavy atom. The average molecular weight is 548 g/mol. The molecule has 4 heterocycles. The first kappa shape index (κ1) is 24.1. The van der Waals surface area contributed by atoms with Crippen LogP contribution < -0.4 is 15.5 Å². The zero-order chi connectivity index (χ0) is 19.9. The van der Waals surface area contributed by atoms with Crippen molar-refractivity contribution < 1.29 is 4.74 Å². The quantitative estimate of drug-likeness (QED) is 0.324. The summed E-state index contributed by atoms with van der Waals surface area (Å²) >= 11 is 1.84. The summed E-state index contributed by atoms with van der Waals surface area (Å²) in [4.78, 5) is 10.3. The topological polar surface area (TPSA) is 52.1 Å². The molecule has 0 spiro atoms.